The summed E-state index contributed by atoms with van der Waals surface area (Å²) < 4.78 is 1.34. The van der Waals surface area contributed by atoms with Gasteiger partial charge in [0.2, 0.25) is 0 Å². The fraction of sp³-hybridized carbons (Fsp3) is 0.300. The number of unbranched alkanes of at least 4 members (excludes halogenated alkanes) is 1. The third-order valence-corrected chi connectivity index (χ3v) is 15.8. The Morgan fingerprint density at radius 1 is 0.710 bits per heavy atom. The van der Waals surface area contributed by atoms with Gasteiger partial charge in [0.25, 0.3) is 0 Å². The summed E-state index contributed by atoms with van der Waals surface area (Å²) in [7, 11) is 0. The lowest BCUT2D eigenvalue weighted by Crippen LogP contribution is -2.09. The Morgan fingerprint density at radius 3 is 2.10 bits per heavy atom. The Bertz CT molecular complexity index is 2930. The molecule has 0 amide bonds. The second-order valence-corrected chi connectivity index (χ2v) is 19.6. The summed E-state index contributed by atoms with van der Waals surface area (Å²) in [4.78, 5) is 4.13. The lowest BCUT2D eigenvalue weighted by Gasteiger charge is -2.15. The number of hydrogen-bond donors (Lipinski definition) is 0. The first-order chi connectivity index (χ1) is 30.0. The van der Waals surface area contributed by atoms with Crippen molar-refractivity contribution in [1.82, 2.24) is 0 Å². The van der Waals surface area contributed by atoms with Crippen molar-refractivity contribution in [2.24, 2.45) is 5.92 Å². The molecule has 0 N–H and O–H groups in total. The van der Waals surface area contributed by atoms with Crippen molar-refractivity contribution in [3.05, 3.63) is 163 Å². The quantitative estimate of drug-likeness (QED) is 0.0712. The Hall–Kier alpha value is -5.02. The van der Waals surface area contributed by atoms with E-state index in [1.165, 1.54) is 126 Å². The number of allylic oxidation sites excluding steroid dienone is 7. The molecule has 0 spiro atoms. The summed E-state index contributed by atoms with van der Waals surface area (Å²) in [5, 5.41) is 8.10. The van der Waals surface area contributed by atoms with Gasteiger partial charge in [-0.3, -0.25) is 0 Å². The second kappa shape index (κ2) is 20.0. The van der Waals surface area contributed by atoms with Crippen LogP contribution in [0.4, 0.5) is 0 Å². The molecule has 0 aliphatic heterocycles. The molecule has 0 nitrogen and oxygen atoms in total. The monoisotopic (exact) mass is 850 g/mol. The van der Waals surface area contributed by atoms with E-state index in [0.29, 0.717) is 5.92 Å². The van der Waals surface area contributed by atoms with Gasteiger partial charge < -0.3 is 0 Å². The summed E-state index contributed by atoms with van der Waals surface area (Å²) in [6.07, 6.45) is 18.5. The molecule has 0 aliphatic rings. The van der Waals surface area contributed by atoms with Crippen molar-refractivity contribution in [3.8, 4) is 10.4 Å². The maximum atomic E-state index is 2.47. The maximum absolute atomic E-state index is 2.47. The standard InChI is InChI=1S/C60H66S2/c1-12-16-20-50(43(10)39(6)14-3)44(11)55-37-47(15-4)60(62-55)49-33-28-45(29-34-49)25-24-41(8)57-52-22-18-23-53-58(52)59(51-21-17-19-40(7)56(51)57)54(61-53)35-30-46-26-31-48(32-27-46)42(9)36-38(5)13-2/h17-19,21-38H,12-16,20H2,1-11H3/b25-24+,35-30+,42-36+,43-39-,50-44+,57-41+. The molecule has 0 saturated carbocycles. The zero-order chi connectivity index (χ0) is 44.1. The van der Waals surface area contributed by atoms with Gasteiger partial charge in [0.1, 0.15) is 0 Å². The molecule has 2 aromatic heterocycles. The third-order valence-electron chi connectivity index (χ3n) is 13.3. The Morgan fingerprint density at radius 2 is 1.40 bits per heavy atom. The summed E-state index contributed by atoms with van der Waals surface area (Å²) in [5.41, 5.74) is 16.4. The highest BCUT2D eigenvalue weighted by Crippen LogP contribution is 2.42. The van der Waals surface area contributed by atoms with Crippen LogP contribution in [0.25, 0.3) is 77.0 Å². The van der Waals surface area contributed by atoms with Crippen LogP contribution in [0.3, 0.4) is 0 Å². The normalized spacial score (nSPS) is 14.5. The molecule has 1 atom stereocenters. The van der Waals surface area contributed by atoms with Gasteiger partial charge >= 0.3 is 0 Å². The van der Waals surface area contributed by atoms with Crippen molar-refractivity contribution in [3.63, 3.8) is 0 Å². The van der Waals surface area contributed by atoms with Crippen LogP contribution in [0.2, 0.25) is 0 Å². The molecule has 0 radical (unpaired) electrons. The van der Waals surface area contributed by atoms with Crippen LogP contribution in [0, 0.1) is 12.8 Å². The largest absolute Gasteiger partial charge is 0.135 e. The molecule has 7 aromatic rings. The first-order valence-corrected chi connectivity index (χ1v) is 24.7. The molecule has 0 saturated heterocycles. The number of rotatable bonds is 15. The first-order valence-electron chi connectivity index (χ1n) is 23.1. The minimum Gasteiger partial charge on any atom is -0.135 e. The fourth-order valence-electron chi connectivity index (χ4n) is 9.03. The molecule has 7 rings (SSSR count). The molecule has 318 valence electrons. The average molecular weight is 851 g/mol. The topological polar surface area (TPSA) is 0 Å². The van der Waals surface area contributed by atoms with Crippen LogP contribution in [0.1, 0.15) is 139 Å². The molecule has 62 heavy (non-hydrogen) atoms. The van der Waals surface area contributed by atoms with Gasteiger partial charge in [-0.05, 0) is 174 Å². The SMILES string of the molecule is CCCCC(/C(C)=C(/C)CC)=C(/C)c1cc(CC)c(-c2ccc(/C=C/C(C)=c3\c4cccc5sc(/C=C/c6ccc(/C(C)=C/C(C)CC)cc6)c(c6cccc(C)c36)c54)cc2)s1. The summed E-state index contributed by atoms with van der Waals surface area (Å²) in [5.74, 6) is 0.590. The van der Waals surface area contributed by atoms with Gasteiger partial charge in [-0.2, -0.15) is 0 Å². The molecule has 2 heteroatoms. The number of fused-ring (bicyclic) bond motifs is 2. The summed E-state index contributed by atoms with van der Waals surface area (Å²) in [6.45, 7) is 25.2. The summed E-state index contributed by atoms with van der Waals surface area (Å²) in [6, 6.07) is 34.5. The van der Waals surface area contributed by atoms with Gasteiger partial charge in [0.15, 0.2) is 0 Å². The van der Waals surface area contributed by atoms with Crippen molar-refractivity contribution >= 4 is 89.3 Å². The smallest absolute Gasteiger partial charge is 0.0381 e. The number of hydrogen-bond acceptors (Lipinski definition) is 2. The van der Waals surface area contributed by atoms with E-state index in [4.69, 9.17) is 0 Å². The van der Waals surface area contributed by atoms with Gasteiger partial charge in [0.05, 0.1) is 0 Å². The highest BCUT2D eigenvalue weighted by atomic mass is 32.1. The predicted octanol–water partition coefficient (Wildman–Crippen LogP) is 18.7. The van der Waals surface area contributed by atoms with Crippen LogP contribution in [0.15, 0.2) is 120 Å². The molecule has 2 heterocycles. The maximum Gasteiger partial charge on any atom is 0.0381 e. The van der Waals surface area contributed by atoms with Gasteiger partial charge in [-0.25, -0.2) is 0 Å². The zero-order valence-corrected chi connectivity index (χ0v) is 40.8. The van der Waals surface area contributed by atoms with Gasteiger partial charge in [-0.1, -0.05) is 156 Å². The predicted molar refractivity (Wildman–Crippen MR) is 283 cm³/mol. The molecule has 5 aromatic carbocycles. The fourth-order valence-corrected chi connectivity index (χ4v) is 11.5. The van der Waals surface area contributed by atoms with E-state index in [0.717, 1.165) is 25.7 Å². The van der Waals surface area contributed by atoms with Crippen LogP contribution in [-0.4, -0.2) is 0 Å². The molecule has 0 bridgehead atoms. The van der Waals surface area contributed by atoms with E-state index in [1.807, 2.05) is 22.7 Å². The number of benzene rings is 5. The van der Waals surface area contributed by atoms with Crippen molar-refractivity contribution < 1.29 is 0 Å². The lowest BCUT2D eigenvalue weighted by molar-refractivity contribution is 0.699. The van der Waals surface area contributed by atoms with E-state index < -0.39 is 0 Å². The highest BCUT2D eigenvalue weighted by molar-refractivity contribution is 7.21. The Balaban J connectivity index is 1.24. The zero-order valence-electron chi connectivity index (χ0n) is 39.2. The minimum atomic E-state index is 0.590. The van der Waals surface area contributed by atoms with E-state index in [-0.39, 0.29) is 0 Å². The van der Waals surface area contributed by atoms with Crippen molar-refractivity contribution in [1.29, 1.82) is 0 Å². The number of aryl methyl sites for hydroxylation is 2. The number of thiophene rings is 2. The van der Waals surface area contributed by atoms with Crippen LogP contribution >= 0.6 is 22.7 Å². The van der Waals surface area contributed by atoms with Crippen LogP contribution in [-0.2, 0) is 6.42 Å². The molecular formula is C60H66S2. The van der Waals surface area contributed by atoms with Crippen LogP contribution in [0.5, 0.6) is 0 Å². The minimum absolute atomic E-state index is 0.590. The lowest BCUT2D eigenvalue weighted by atomic mass is 9.91. The molecule has 0 aliphatic carbocycles. The molecule has 1 unspecified atom stereocenters. The Kier molecular flexibility index (Phi) is 14.5. The Labute approximate surface area is 380 Å². The molecule has 0 fully saturated rings. The van der Waals surface area contributed by atoms with E-state index in [1.54, 1.807) is 5.57 Å². The average Bonchev–Trinajstić information content (AvgIpc) is 3.91. The highest BCUT2D eigenvalue weighted by Gasteiger charge is 2.18. The summed E-state index contributed by atoms with van der Waals surface area (Å²) >= 11 is 3.87. The van der Waals surface area contributed by atoms with Gasteiger partial charge in [-0.15, -0.1) is 22.7 Å². The molecular weight excluding hydrogens is 785 g/mol. The van der Waals surface area contributed by atoms with Gasteiger partial charge in [0, 0.05) is 30.1 Å². The first kappa shape index (κ1) is 45.0. The van der Waals surface area contributed by atoms with Crippen LogP contribution < -0.4 is 5.22 Å². The third kappa shape index (κ3) is 9.34. The van der Waals surface area contributed by atoms with E-state index >= 15 is 0 Å². The van der Waals surface area contributed by atoms with Crippen molar-refractivity contribution in [2.45, 2.75) is 115 Å². The van der Waals surface area contributed by atoms with Crippen molar-refractivity contribution in [2.75, 3.05) is 0 Å². The van der Waals surface area contributed by atoms with E-state index in [2.05, 4.69) is 198 Å². The second-order valence-electron chi connectivity index (χ2n) is 17.5. The van der Waals surface area contributed by atoms with E-state index in [9.17, 15) is 0 Å².